The molecule has 2 aromatic rings. The Morgan fingerprint density at radius 1 is 1.30 bits per heavy atom. The van der Waals surface area contributed by atoms with Gasteiger partial charge in [-0.1, -0.05) is 12.1 Å². The van der Waals surface area contributed by atoms with Crippen LogP contribution in [-0.4, -0.2) is 62.6 Å². The molecule has 0 amide bonds. The number of anilines is 2. The summed E-state index contributed by atoms with van der Waals surface area (Å²) in [5.41, 5.74) is 1.34. The van der Waals surface area contributed by atoms with Crippen LogP contribution in [0, 0.1) is 11.2 Å². The number of hydrogen-bond acceptors (Lipinski definition) is 7. The Balaban J connectivity index is 1.71. The number of nitrogens with zero attached hydrogens (tertiary/aromatic N) is 5. The molecule has 1 spiro atoms. The SMILES string of the molecule is CCCN(C)c1noc2c(F)c3c(cc12)CC1(C=NCN=C1)[C@H]1[C@H](C)O[C@H](C)CN31. The summed E-state index contributed by atoms with van der Waals surface area (Å²) in [7, 11) is 1.96. The summed E-state index contributed by atoms with van der Waals surface area (Å²) in [6.45, 7) is 8.05. The van der Waals surface area contributed by atoms with Crippen LogP contribution in [0.3, 0.4) is 0 Å². The molecule has 0 bridgehead atoms. The molecule has 8 heteroatoms. The van der Waals surface area contributed by atoms with Crippen molar-refractivity contribution in [2.45, 2.75) is 51.9 Å². The van der Waals surface area contributed by atoms with Crippen molar-refractivity contribution in [2.75, 3.05) is 36.6 Å². The number of fused-ring (bicyclic) bond motifs is 5. The zero-order valence-corrected chi connectivity index (χ0v) is 17.9. The van der Waals surface area contributed by atoms with E-state index in [9.17, 15) is 0 Å². The molecule has 1 saturated heterocycles. The molecule has 0 aliphatic carbocycles. The fourth-order valence-electron chi connectivity index (χ4n) is 5.50. The summed E-state index contributed by atoms with van der Waals surface area (Å²) in [6, 6.07) is 1.97. The zero-order chi connectivity index (χ0) is 21.0. The molecule has 1 fully saturated rings. The third kappa shape index (κ3) is 2.76. The number of rotatable bonds is 3. The van der Waals surface area contributed by atoms with E-state index in [-0.39, 0.29) is 29.7 Å². The summed E-state index contributed by atoms with van der Waals surface area (Å²) in [5.74, 6) is 0.344. The second-order valence-corrected chi connectivity index (χ2v) is 8.81. The highest BCUT2D eigenvalue weighted by Crippen LogP contribution is 2.48. The molecule has 160 valence electrons. The lowest BCUT2D eigenvalue weighted by atomic mass is 9.69. The van der Waals surface area contributed by atoms with Gasteiger partial charge in [-0.2, -0.15) is 0 Å². The maximum absolute atomic E-state index is 15.9. The van der Waals surface area contributed by atoms with E-state index in [1.165, 1.54) is 0 Å². The fourth-order valence-corrected chi connectivity index (χ4v) is 5.50. The highest BCUT2D eigenvalue weighted by atomic mass is 19.1. The largest absolute Gasteiger partial charge is 0.372 e. The van der Waals surface area contributed by atoms with Crippen molar-refractivity contribution >= 4 is 34.9 Å². The molecule has 0 radical (unpaired) electrons. The van der Waals surface area contributed by atoms with Gasteiger partial charge in [-0.15, -0.1) is 0 Å². The molecular weight excluding hydrogens is 385 g/mol. The van der Waals surface area contributed by atoms with Gasteiger partial charge in [-0.3, -0.25) is 9.98 Å². The average Bonchev–Trinajstić information content (AvgIpc) is 3.12. The van der Waals surface area contributed by atoms with Crippen LogP contribution in [0.1, 0.15) is 32.8 Å². The van der Waals surface area contributed by atoms with Gasteiger partial charge in [-0.25, -0.2) is 4.39 Å². The third-order valence-electron chi connectivity index (χ3n) is 6.50. The number of halogens is 1. The minimum atomic E-state index is -0.419. The van der Waals surface area contributed by atoms with Crippen LogP contribution in [0.25, 0.3) is 11.0 Å². The quantitative estimate of drug-likeness (QED) is 0.771. The first-order chi connectivity index (χ1) is 14.4. The lowest BCUT2D eigenvalue weighted by molar-refractivity contribution is -0.0432. The van der Waals surface area contributed by atoms with E-state index < -0.39 is 5.41 Å². The molecule has 0 unspecified atom stereocenters. The molecule has 1 aromatic carbocycles. The predicted octanol–water partition coefficient (Wildman–Crippen LogP) is 3.45. The zero-order valence-electron chi connectivity index (χ0n) is 17.9. The highest BCUT2D eigenvalue weighted by molar-refractivity contribution is 5.97. The Morgan fingerprint density at radius 3 is 2.80 bits per heavy atom. The molecule has 3 aliphatic rings. The van der Waals surface area contributed by atoms with E-state index in [1.807, 2.05) is 37.4 Å². The van der Waals surface area contributed by atoms with Crippen molar-refractivity contribution < 1.29 is 13.7 Å². The maximum atomic E-state index is 15.9. The molecule has 0 saturated carbocycles. The second-order valence-electron chi connectivity index (χ2n) is 8.81. The highest BCUT2D eigenvalue weighted by Gasteiger charge is 2.52. The summed E-state index contributed by atoms with van der Waals surface area (Å²) < 4.78 is 27.6. The smallest absolute Gasteiger partial charge is 0.206 e. The first-order valence-corrected chi connectivity index (χ1v) is 10.7. The van der Waals surface area contributed by atoms with E-state index in [1.54, 1.807) is 0 Å². The van der Waals surface area contributed by atoms with Gasteiger partial charge in [0.05, 0.1) is 34.7 Å². The molecule has 4 heterocycles. The number of ether oxygens (including phenoxy) is 1. The third-order valence-corrected chi connectivity index (χ3v) is 6.50. The van der Waals surface area contributed by atoms with Crippen LogP contribution < -0.4 is 9.80 Å². The lowest BCUT2D eigenvalue weighted by Gasteiger charge is -2.54. The lowest BCUT2D eigenvalue weighted by Crippen LogP contribution is -2.65. The van der Waals surface area contributed by atoms with Crippen molar-refractivity contribution in [3.63, 3.8) is 0 Å². The second kappa shape index (κ2) is 7.04. The Hall–Kier alpha value is -2.48. The average molecular weight is 413 g/mol. The minimum Gasteiger partial charge on any atom is -0.372 e. The fraction of sp³-hybridized carbons (Fsp3) is 0.591. The van der Waals surface area contributed by atoms with Gasteiger partial charge in [0.15, 0.2) is 11.6 Å². The minimum absolute atomic E-state index is 0.00668. The number of hydrogen-bond donors (Lipinski definition) is 0. The van der Waals surface area contributed by atoms with Crippen LogP contribution in [0.4, 0.5) is 15.9 Å². The molecule has 0 N–H and O–H groups in total. The number of morpholine rings is 1. The first kappa shape index (κ1) is 19.5. The Morgan fingerprint density at radius 2 is 2.07 bits per heavy atom. The van der Waals surface area contributed by atoms with Gasteiger partial charge >= 0.3 is 0 Å². The van der Waals surface area contributed by atoms with Crippen molar-refractivity contribution in [1.82, 2.24) is 5.16 Å². The van der Waals surface area contributed by atoms with Gasteiger partial charge in [0, 0.05) is 32.6 Å². The van der Waals surface area contributed by atoms with Crippen molar-refractivity contribution in [1.29, 1.82) is 0 Å². The molecule has 5 rings (SSSR count). The Bertz CT molecular complexity index is 1020. The number of benzene rings is 1. The number of aromatic nitrogens is 1. The summed E-state index contributed by atoms with van der Waals surface area (Å²) >= 11 is 0. The van der Waals surface area contributed by atoms with E-state index >= 15 is 4.39 Å². The normalized spacial score (nSPS) is 26.8. The van der Waals surface area contributed by atoms with Gasteiger partial charge < -0.3 is 19.1 Å². The van der Waals surface area contributed by atoms with Crippen LogP contribution in [0.2, 0.25) is 0 Å². The topological polar surface area (TPSA) is 66.5 Å². The summed E-state index contributed by atoms with van der Waals surface area (Å²) in [4.78, 5) is 13.1. The molecule has 7 nitrogen and oxygen atoms in total. The molecule has 1 aromatic heterocycles. The van der Waals surface area contributed by atoms with Crippen LogP contribution in [-0.2, 0) is 11.2 Å². The maximum Gasteiger partial charge on any atom is 0.206 e. The van der Waals surface area contributed by atoms with Gasteiger partial charge in [0.25, 0.3) is 0 Å². The van der Waals surface area contributed by atoms with Crippen LogP contribution in [0.5, 0.6) is 0 Å². The monoisotopic (exact) mass is 413 g/mol. The standard InChI is InChI=1S/C22H28FN5O2/c1-5-6-27(4)21-16-7-15-8-22(10-24-12-25-11-22)20-14(3)29-13(2)9-28(20)18(15)17(23)19(16)30-26-21/h7,10-11,13-14,20H,5-6,8-9,12H2,1-4H3/t13-,14+,20-/m1/s1. The summed E-state index contributed by atoms with van der Waals surface area (Å²) in [5, 5.41) is 4.92. The van der Waals surface area contributed by atoms with Gasteiger partial charge in [-0.05, 0) is 38.3 Å². The van der Waals surface area contributed by atoms with Crippen molar-refractivity contribution in [2.24, 2.45) is 15.4 Å². The molecular formula is C22H28FN5O2. The van der Waals surface area contributed by atoms with Crippen LogP contribution in [0.15, 0.2) is 20.6 Å². The number of aliphatic imine (C=N–C) groups is 2. The first-order valence-electron chi connectivity index (χ1n) is 10.7. The van der Waals surface area contributed by atoms with E-state index in [4.69, 9.17) is 9.26 Å². The van der Waals surface area contributed by atoms with E-state index in [0.717, 1.165) is 23.9 Å². The summed E-state index contributed by atoms with van der Waals surface area (Å²) in [6.07, 6.45) is 5.49. The molecule has 3 aliphatic heterocycles. The molecule has 3 atom stereocenters. The van der Waals surface area contributed by atoms with E-state index in [2.05, 4.69) is 33.9 Å². The van der Waals surface area contributed by atoms with Gasteiger partial charge in [0.1, 0.15) is 6.67 Å². The Labute approximate surface area is 175 Å². The van der Waals surface area contributed by atoms with Gasteiger partial charge in [0.2, 0.25) is 5.58 Å². The van der Waals surface area contributed by atoms with Crippen LogP contribution >= 0.6 is 0 Å². The van der Waals surface area contributed by atoms with Crippen molar-refractivity contribution in [3.8, 4) is 0 Å². The Kier molecular flexibility index (Phi) is 4.57. The predicted molar refractivity (Wildman–Crippen MR) is 117 cm³/mol. The van der Waals surface area contributed by atoms with E-state index in [0.29, 0.717) is 31.1 Å². The van der Waals surface area contributed by atoms with Crippen molar-refractivity contribution in [3.05, 3.63) is 17.4 Å². The molecule has 30 heavy (non-hydrogen) atoms.